The Balaban J connectivity index is 2.18. The minimum absolute atomic E-state index is 0.477. The molecule has 0 saturated carbocycles. The van der Waals surface area contributed by atoms with Crippen LogP contribution in [0.15, 0.2) is 16.4 Å². The van der Waals surface area contributed by atoms with E-state index < -0.39 is 0 Å². The van der Waals surface area contributed by atoms with Crippen molar-refractivity contribution in [2.75, 3.05) is 11.9 Å². The molecule has 96 valence electrons. The second-order valence-electron chi connectivity index (χ2n) is 3.46. The third-order valence-electron chi connectivity index (χ3n) is 2.01. The Kier molecular flexibility index (Phi) is 4.32. The summed E-state index contributed by atoms with van der Waals surface area (Å²) in [6.07, 6.45) is 2.57. The molecule has 0 aliphatic heterocycles. The van der Waals surface area contributed by atoms with Crippen molar-refractivity contribution in [2.24, 2.45) is 7.05 Å². The van der Waals surface area contributed by atoms with E-state index in [0.717, 1.165) is 13.0 Å². The zero-order chi connectivity index (χ0) is 13.0. The lowest BCUT2D eigenvalue weighted by Gasteiger charge is -2.05. The Morgan fingerprint density at radius 1 is 1.50 bits per heavy atom. The first-order chi connectivity index (χ1) is 8.70. The summed E-state index contributed by atoms with van der Waals surface area (Å²) < 4.78 is 1.56. The third-order valence-corrected chi connectivity index (χ3v) is 3.44. The van der Waals surface area contributed by atoms with Crippen LogP contribution in [0.2, 0.25) is 5.02 Å². The second-order valence-corrected chi connectivity index (χ2v) is 4.82. The van der Waals surface area contributed by atoms with Crippen molar-refractivity contribution in [1.82, 2.24) is 30.2 Å². The highest BCUT2D eigenvalue weighted by molar-refractivity contribution is 7.99. The van der Waals surface area contributed by atoms with Gasteiger partial charge in [0.15, 0.2) is 0 Å². The van der Waals surface area contributed by atoms with E-state index in [0.29, 0.717) is 21.2 Å². The van der Waals surface area contributed by atoms with Gasteiger partial charge in [-0.05, 0) is 28.6 Å². The molecule has 0 aromatic carbocycles. The molecule has 0 spiro atoms. The minimum Gasteiger partial charge on any atom is -0.354 e. The van der Waals surface area contributed by atoms with E-state index in [4.69, 9.17) is 11.6 Å². The van der Waals surface area contributed by atoms with E-state index in [9.17, 15) is 0 Å². The number of rotatable bonds is 5. The topological polar surface area (TPSA) is 81.4 Å². The van der Waals surface area contributed by atoms with Crippen LogP contribution in [0.4, 0.5) is 5.95 Å². The van der Waals surface area contributed by atoms with Gasteiger partial charge in [-0.15, -0.1) is 5.10 Å². The summed E-state index contributed by atoms with van der Waals surface area (Å²) >= 11 is 7.35. The normalized spacial score (nSPS) is 10.6. The molecule has 0 unspecified atom stereocenters. The molecular weight excluding hydrogens is 274 g/mol. The summed E-state index contributed by atoms with van der Waals surface area (Å²) in [5, 5.41) is 16.0. The Hall–Kier alpha value is -1.41. The zero-order valence-electron chi connectivity index (χ0n) is 9.96. The average molecular weight is 286 g/mol. The van der Waals surface area contributed by atoms with E-state index in [1.807, 2.05) is 0 Å². The summed E-state index contributed by atoms with van der Waals surface area (Å²) in [5.74, 6) is 0.555. The molecule has 9 heteroatoms. The first-order valence-electron chi connectivity index (χ1n) is 5.37. The number of halogens is 1. The lowest BCUT2D eigenvalue weighted by atomic mass is 10.5. The first kappa shape index (κ1) is 13.0. The zero-order valence-corrected chi connectivity index (χ0v) is 11.5. The number of tetrazole rings is 1. The first-order valence-corrected chi connectivity index (χ1v) is 6.56. The third kappa shape index (κ3) is 3.08. The van der Waals surface area contributed by atoms with Crippen molar-refractivity contribution in [3.05, 3.63) is 11.2 Å². The second kappa shape index (κ2) is 5.96. The number of anilines is 1. The van der Waals surface area contributed by atoms with E-state index in [2.05, 4.69) is 37.7 Å². The summed E-state index contributed by atoms with van der Waals surface area (Å²) in [7, 11) is 1.76. The molecule has 1 N–H and O–H groups in total. The predicted molar refractivity (Wildman–Crippen MR) is 68.7 cm³/mol. The number of nitrogens with zero attached hydrogens (tertiary/aromatic N) is 6. The van der Waals surface area contributed by atoms with Gasteiger partial charge in [-0.3, -0.25) is 0 Å². The molecule has 2 heterocycles. The fraction of sp³-hybridized carbons (Fsp3) is 0.444. The monoisotopic (exact) mass is 285 g/mol. The maximum atomic E-state index is 6.05. The van der Waals surface area contributed by atoms with E-state index in [-0.39, 0.29) is 0 Å². The molecule has 0 radical (unpaired) electrons. The highest BCUT2D eigenvalue weighted by Crippen LogP contribution is 2.29. The van der Waals surface area contributed by atoms with Gasteiger partial charge in [-0.2, -0.15) is 0 Å². The van der Waals surface area contributed by atoms with Crippen LogP contribution in [0.3, 0.4) is 0 Å². The van der Waals surface area contributed by atoms with Gasteiger partial charge in [-0.25, -0.2) is 14.6 Å². The maximum absolute atomic E-state index is 6.05. The molecule has 0 fully saturated rings. The van der Waals surface area contributed by atoms with E-state index in [1.54, 1.807) is 17.9 Å². The van der Waals surface area contributed by atoms with Crippen molar-refractivity contribution in [3.63, 3.8) is 0 Å². The Labute approximate surface area is 113 Å². The van der Waals surface area contributed by atoms with Gasteiger partial charge in [-0.1, -0.05) is 18.5 Å². The van der Waals surface area contributed by atoms with Gasteiger partial charge in [0, 0.05) is 13.6 Å². The lowest BCUT2D eigenvalue weighted by molar-refractivity contribution is 0.664. The summed E-state index contributed by atoms with van der Waals surface area (Å²) in [6, 6.07) is 0. The Morgan fingerprint density at radius 2 is 2.33 bits per heavy atom. The number of hydrogen-bond acceptors (Lipinski definition) is 7. The van der Waals surface area contributed by atoms with Crippen LogP contribution in [0.5, 0.6) is 0 Å². The van der Waals surface area contributed by atoms with Crippen molar-refractivity contribution in [1.29, 1.82) is 0 Å². The van der Waals surface area contributed by atoms with Crippen molar-refractivity contribution in [3.8, 4) is 0 Å². The predicted octanol–water partition coefficient (Wildman–Crippen LogP) is 1.63. The van der Waals surface area contributed by atoms with Crippen molar-refractivity contribution in [2.45, 2.75) is 23.5 Å². The van der Waals surface area contributed by atoms with Gasteiger partial charge in [0.05, 0.1) is 11.2 Å². The Morgan fingerprint density at radius 3 is 3.00 bits per heavy atom. The largest absolute Gasteiger partial charge is 0.354 e. The molecule has 2 aromatic rings. The van der Waals surface area contributed by atoms with E-state index >= 15 is 0 Å². The van der Waals surface area contributed by atoms with Crippen LogP contribution in [0.25, 0.3) is 0 Å². The fourth-order valence-corrected chi connectivity index (χ4v) is 2.05. The van der Waals surface area contributed by atoms with Crippen molar-refractivity contribution < 1.29 is 0 Å². The van der Waals surface area contributed by atoms with Gasteiger partial charge in [0.25, 0.3) is 0 Å². The molecule has 0 bridgehead atoms. The molecule has 0 aliphatic rings. The average Bonchev–Trinajstić information content (AvgIpc) is 2.76. The summed E-state index contributed by atoms with van der Waals surface area (Å²) in [6.45, 7) is 2.89. The maximum Gasteiger partial charge on any atom is 0.223 e. The van der Waals surface area contributed by atoms with Crippen molar-refractivity contribution >= 4 is 29.3 Å². The van der Waals surface area contributed by atoms with Crippen LogP contribution in [0, 0.1) is 0 Å². The van der Waals surface area contributed by atoms with Gasteiger partial charge >= 0.3 is 0 Å². The number of aromatic nitrogens is 6. The molecule has 7 nitrogen and oxygen atoms in total. The van der Waals surface area contributed by atoms with Crippen LogP contribution in [0.1, 0.15) is 13.3 Å². The number of hydrogen-bond donors (Lipinski definition) is 1. The molecule has 2 aromatic heterocycles. The van der Waals surface area contributed by atoms with Crippen LogP contribution in [-0.4, -0.2) is 36.7 Å². The van der Waals surface area contributed by atoms with Crippen LogP contribution in [-0.2, 0) is 7.05 Å². The van der Waals surface area contributed by atoms with Crippen LogP contribution < -0.4 is 5.32 Å². The molecule has 0 saturated heterocycles. The SMILES string of the molecule is CCCNc1ncc(Cl)c(Sc2nnnn2C)n1. The standard InChI is InChI=1S/C9H12ClN7S/c1-3-4-11-8-12-5-6(10)7(13-8)18-9-14-15-16-17(9)2/h5H,3-4H2,1-2H3,(H,11,12,13). The van der Waals surface area contributed by atoms with E-state index in [1.165, 1.54) is 11.8 Å². The number of aryl methyl sites for hydroxylation is 1. The summed E-state index contributed by atoms with van der Waals surface area (Å²) in [5.41, 5.74) is 0. The quantitative estimate of drug-likeness (QED) is 0.836. The van der Waals surface area contributed by atoms with Crippen LogP contribution >= 0.6 is 23.4 Å². The Bertz CT molecular complexity index is 529. The smallest absolute Gasteiger partial charge is 0.223 e. The fourth-order valence-electron chi connectivity index (χ4n) is 1.14. The number of nitrogens with one attached hydrogen (secondary N) is 1. The van der Waals surface area contributed by atoms with Gasteiger partial charge in [0.1, 0.15) is 5.03 Å². The lowest BCUT2D eigenvalue weighted by Crippen LogP contribution is -2.04. The molecular formula is C9H12ClN7S. The molecule has 0 atom stereocenters. The summed E-state index contributed by atoms with van der Waals surface area (Å²) in [4.78, 5) is 8.43. The van der Waals surface area contributed by atoms with Gasteiger partial charge in [0.2, 0.25) is 11.1 Å². The highest BCUT2D eigenvalue weighted by atomic mass is 35.5. The minimum atomic E-state index is 0.477. The molecule has 0 aliphatic carbocycles. The van der Waals surface area contributed by atoms with Gasteiger partial charge < -0.3 is 5.32 Å². The molecule has 18 heavy (non-hydrogen) atoms. The molecule has 2 rings (SSSR count). The highest BCUT2D eigenvalue weighted by Gasteiger charge is 2.11. The molecule has 0 amide bonds.